The smallest absolute Gasteiger partial charge is 0.356 e. The Bertz CT molecular complexity index is 648. The summed E-state index contributed by atoms with van der Waals surface area (Å²) >= 11 is 0. The molecule has 0 bridgehead atoms. The Morgan fingerprint density at radius 2 is 2.11 bits per heavy atom. The van der Waals surface area contributed by atoms with Gasteiger partial charge in [0.15, 0.2) is 5.69 Å². The maximum atomic E-state index is 11.6. The molecule has 1 aromatic heterocycles. The van der Waals surface area contributed by atoms with Gasteiger partial charge in [0.1, 0.15) is 5.69 Å². The highest BCUT2D eigenvalue weighted by atomic mass is 16.6. The molecule has 1 aromatic carbocycles. The van der Waals surface area contributed by atoms with Crippen molar-refractivity contribution in [2.75, 3.05) is 7.11 Å². The highest BCUT2D eigenvalue weighted by Gasteiger charge is 2.21. The summed E-state index contributed by atoms with van der Waals surface area (Å²) in [4.78, 5) is 22.1. The van der Waals surface area contributed by atoms with Crippen LogP contribution < -0.4 is 0 Å². The Morgan fingerprint density at radius 1 is 1.42 bits per heavy atom. The maximum Gasteiger partial charge on any atom is 0.356 e. The van der Waals surface area contributed by atoms with Crippen LogP contribution in [0.15, 0.2) is 30.3 Å². The van der Waals surface area contributed by atoms with Gasteiger partial charge in [0, 0.05) is 6.07 Å². The number of hydrogen-bond acceptors (Lipinski definition) is 5. The Labute approximate surface area is 108 Å². The van der Waals surface area contributed by atoms with Crippen LogP contribution in [-0.4, -0.2) is 27.8 Å². The lowest BCUT2D eigenvalue weighted by Crippen LogP contribution is -2.11. The zero-order chi connectivity index (χ0) is 14.0. The topological polar surface area (TPSA) is 87.3 Å². The molecule has 7 nitrogen and oxygen atoms in total. The molecule has 0 fully saturated rings. The van der Waals surface area contributed by atoms with Crippen molar-refractivity contribution >= 4 is 11.7 Å². The molecule has 0 amide bonds. The van der Waals surface area contributed by atoms with Crippen LogP contribution in [0.1, 0.15) is 16.2 Å². The van der Waals surface area contributed by atoms with Crippen LogP contribution in [0, 0.1) is 17.0 Å². The second kappa shape index (κ2) is 4.89. The average molecular weight is 261 g/mol. The molecule has 0 aliphatic rings. The van der Waals surface area contributed by atoms with Gasteiger partial charge < -0.3 is 4.74 Å². The van der Waals surface area contributed by atoms with Crippen molar-refractivity contribution < 1.29 is 14.5 Å². The molecule has 19 heavy (non-hydrogen) atoms. The Kier molecular flexibility index (Phi) is 3.28. The summed E-state index contributed by atoms with van der Waals surface area (Å²) in [5.41, 5.74) is 0.810. The van der Waals surface area contributed by atoms with Crippen LogP contribution in [0.5, 0.6) is 0 Å². The molecule has 98 valence electrons. The SMILES string of the molecule is COC(=O)c1cc(C)nn1-c1ccccc1[N+](=O)[O-]. The van der Waals surface area contributed by atoms with E-state index in [2.05, 4.69) is 9.84 Å². The van der Waals surface area contributed by atoms with Gasteiger partial charge in [-0.3, -0.25) is 10.1 Å². The molecule has 7 heteroatoms. The largest absolute Gasteiger partial charge is 0.464 e. The fourth-order valence-electron chi connectivity index (χ4n) is 1.73. The first kappa shape index (κ1) is 12.7. The van der Waals surface area contributed by atoms with E-state index in [9.17, 15) is 14.9 Å². The van der Waals surface area contributed by atoms with Gasteiger partial charge in [0.25, 0.3) is 5.69 Å². The molecule has 2 aromatic rings. The monoisotopic (exact) mass is 261 g/mol. The van der Waals surface area contributed by atoms with Gasteiger partial charge in [-0.1, -0.05) is 12.1 Å². The van der Waals surface area contributed by atoms with Crippen molar-refractivity contribution in [3.8, 4) is 5.69 Å². The number of aryl methyl sites for hydroxylation is 1. The third-order valence-electron chi connectivity index (χ3n) is 2.53. The van der Waals surface area contributed by atoms with E-state index >= 15 is 0 Å². The molecule has 2 rings (SSSR count). The summed E-state index contributed by atoms with van der Waals surface area (Å²) in [6.45, 7) is 1.69. The molecule has 0 atom stereocenters. The number of para-hydroxylation sites is 2. The van der Waals surface area contributed by atoms with Crippen LogP contribution in [0.4, 0.5) is 5.69 Å². The number of nitrogens with zero attached hydrogens (tertiary/aromatic N) is 3. The third-order valence-corrected chi connectivity index (χ3v) is 2.53. The molecule has 0 saturated heterocycles. The van der Waals surface area contributed by atoms with Crippen LogP contribution in [0.3, 0.4) is 0 Å². The number of ether oxygens (including phenoxy) is 1. The summed E-state index contributed by atoms with van der Waals surface area (Å²) in [6, 6.07) is 7.59. The maximum absolute atomic E-state index is 11.6. The summed E-state index contributed by atoms with van der Waals surface area (Å²) in [5.74, 6) is -0.598. The number of esters is 1. The lowest BCUT2D eigenvalue weighted by molar-refractivity contribution is -0.384. The number of hydrogen-bond donors (Lipinski definition) is 0. The fourth-order valence-corrected chi connectivity index (χ4v) is 1.73. The summed E-state index contributed by atoms with van der Waals surface area (Å²) in [6.07, 6.45) is 0. The Morgan fingerprint density at radius 3 is 2.74 bits per heavy atom. The minimum atomic E-state index is -0.598. The molecule has 0 unspecified atom stereocenters. The van der Waals surface area contributed by atoms with E-state index in [0.717, 1.165) is 0 Å². The highest BCUT2D eigenvalue weighted by molar-refractivity contribution is 5.88. The number of carbonyl (C=O) groups excluding carboxylic acids is 1. The first-order chi connectivity index (χ1) is 9.04. The third kappa shape index (κ3) is 2.30. The quantitative estimate of drug-likeness (QED) is 0.478. The van der Waals surface area contributed by atoms with E-state index in [-0.39, 0.29) is 17.1 Å². The lowest BCUT2D eigenvalue weighted by atomic mass is 10.2. The van der Waals surface area contributed by atoms with E-state index in [1.54, 1.807) is 19.1 Å². The van der Waals surface area contributed by atoms with Crippen LogP contribution in [0.25, 0.3) is 5.69 Å². The second-order valence-corrected chi connectivity index (χ2v) is 3.82. The number of carbonyl (C=O) groups is 1. The van der Waals surface area contributed by atoms with Crippen molar-refractivity contribution in [1.29, 1.82) is 0 Å². The summed E-state index contributed by atoms with van der Waals surface area (Å²) in [5, 5.41) is 15.1. The molecule has 0 saturated carbocycles. The van der Waals surface area contributed by atoms with Gasteiger partial charge in [-0.25, -0.2) is 9.48 Å². The average Bonchev–Trinajstić information content (AvgIpc) is 2.79. The van der Waals surface area contributed by atoms with Crippen LogP contribution in [-0.2, 0) is 4.74 Å². The molecule has 0 aliphatic carbocycles. The fraction of sp³-hybridized carbons (Fsp3) is 0.167. The highest BCUT2D eigenvalue weighted by Crippen LogP contribution is 2.23. The van der Waals surface area contributed by atoms with Crippen molar-refractivity contribution in [1.82, 2.24) is 9.78 Å². The normalized spacial score (nSPS) is 10.2. The lowest BCUT2D eigenvalue weighted by Gasteiger charge is -2.06. The van der Waals surface area contributed by atoms with Gasteiger partial charge in [-0.05, 0) is 19.1 Å². The zero-order valence-corrected chi connectivity index (χ0v) is 10.4. The van der Waals surface area contributed by atoms with Gasteiger partial charge in [0.05, 0.1) is 17.7 Å². The molecule has 1 heterocycles. The van der Waals surface area contributed by atoms with Crippen LogP contribution >= 0.6 is 0 Å². The molecule has 0 spiro atoms. The molecule has 0 radical (unpaired) electrons. The Balaban J connectivity index is 2.66. The van der Waals surface area contributed by atoms with E-state index in [4.69, 9.17) is 0 Å². The molecular formula is C12H11N3O4. The van der Waals surface area contributed by atoms with Gasteiger partial charge in [-0.15, -0.1) is 0 Å². The first-order valence-corrected chi connectivity index (χ1v) is 5.43. The molecule has 0 aliphatic heterocycles. The standard InChI is InChI=1S/C12H11N3O4/c1-8-7-11(12(16)19-2)14(13-8)9-5-3-4-6-10(9)15(17)18/h3-7H,1-2H3. The minimum absolute atomic E-state index is 0.129. The number of methoxy groups -OCH3 is 1. The van der Waals surface area contributed by atoms with Gasteiger partial charge in [0.2, 0.25) is 0 Å². The number of rotatable bonds is 3. The number of benzene rings is 1. The van der Waals surface area contributed by atoms with Crippen LogP contribution in [0.2, 0.25) is 0 Å². The minimum Gasteiger partial charge on any atom is -0.464 e. The Hall–Kier alpha value is -2.70. The van der Waals surface area contributed by atoms with Crippen molar-refractivity contribution in [3.63, 3.8) is 0 Å². The first-order valence-electron chi connectivity index (χ1n) is 5.43. The van der Waals surface area contributed by atoms with E-state index in [1.165, 1.54) is 30.0 Å². The van der Waals surface area contributed by atoms with Crippen molar-refractivity contribution in [2.45, 2.75) is 6.92 Å². The summed E-state index contributed by atoms with van der Waals surface area (Å²) < 4.78 is 5.86. The van der Waals surface area contributed by atoms with Crippen molar-refractivity contribution in [3.05, 3.63) is 51.8 Å². The molecular weight excluding hydrogens is 250 g/mol. The van der Waals surface area contributed by atoms with Gasteiger partial charge in [-0.2, -0.15) is 5.10 Å². The predicted octanol–water partition coefficient (Wildman–Crippen LogP) is 1.88. The predicted molar refractivity (Wildman–Crippen MR) is 66.3 cm³/mol. The van der Waals surface area contributed by atoms with Crippen molar-refractivity contribution in [2.24, 2.45) is 0 Å². The van der Waals surface area contributed by atoms with E-state index in [1.807, 2.05) is 0 Å². The number of nitro groups is 1. The van der Waals surface area contributed by atoms with Gasteiger partial charge >= 0.3 is 5.97 Å². The number of aromatic nitrogens is 2. The zero-order valence-electron chi connectivity index (χ0n) is 10.4. The second-order valence-electron chi connectivity index (χ2n) is 3.82. The molecule has 0 N–H and O–H groups in total. The van der Waals surface area contributed by atoms with E-state index in [0.29, 0.717) is 5.69 Å². The number of nitro benzene ring substituents is 1. The summed E-state index contributed by atoms with van der Waals surface area (Å²) in [7, 11) is 1.24. The van der Waals surface area contributed by atoms with E-state index < -0.39 is 10.9 Å².